The lowest BCUT2D eigenvalue weighted by Crippen LogP contribution is -2.11. The number of esters is 1. The monoisotopic (exact) mass is 292 g/mol. The minimum absolute atomic E-state index is 0.335. The molecule has 4 nitrogen and oxygen atoms in total. The van der Waals surface area contributed by atoms with E-state index in [4.69, 9.17) is 16.3 Å². The lowest BCUT2D eigenvalue weighted by atomic mass is 10.1. The lowest BCUT2D eigenvalue weighted by molar-refractivity contribution is 0.0527. The fourth-order valence-corrected chi connectivity index (χ4v) is 2.21. The molecule has 0 spiro atoms. The number of hydrogen-bond acceptors (Lipinski definition) is 4. The average Bonchev–Trinajstić information content (AvgIpc) is 2.41. The number of rotatable bonds is 4. The van der Waals surface area contributed by atoms with Gasteiger partial charge < -0.3 is 10.1 Å². The van der Waals surface area contributed by atoms with Crippen LogP contribution in [0.5, 0.6) is 0 Å². The molecule has 2 aromatic rings. The number of nitrogens with zero attached hydrogens (tertiary/aromatic N) is 1. The number of ether oxygens (including phenoxy) is 1. The van der Waals surface area contributed by atoms with Crippen LogP contribution in [0.2, 0.25) is 5.02 Å². The quantitative estimate of drug-likeness (QED) is 0.871. The van der Waals surface area contributed by atoms with Crippen LogP contribution in [0.4, 0.5) is 5.69 Å². The number of hydrogen-bond donors (Lipinski definition) is 1. The summed E-state index contributed by atoms with van der Waals surface area (Å²) >= 11 is 6.12. The van der Waals surface area contributed by atoms with Crippen LogP contribution in [0.25, 0.3) is 10.9 Å². The van der Waals surface area contributed by atoms with Crippen molar-refractivity contribution in [2.75, 3.05) is 18.5 Å². The molecular formula is C15H17ClN2O2. The second kappa shape index (κ2) is 6.09. The van der Waals surface area contributed by atoms with Crippen molar-refractivity contribution in [3.63, 3.8) is 0 Å². The van der Waals surface area contributed by atoms with Crippen LogP contribution in [0.1, 0.15) is 29.8 Å². The highest BCUT2D eigenvalue weighted by atomic mass is 35.5. The van der Waals surface area contributed by atoms with Crippen LogP contribution in [-0.2, 0) is 4.74 Å². The van der Waals surface area contributed by atoms with Gasteiger partial charge >= 0.3 is 5.97 Å². The maximum Gasteiger partial charge on any atom is 0.341 e. The molecule has 0 saturated heterocycles. The first-order chi connectivity index (χ1) is 9.58. The molecule has 0 amide bonds. The Morgan fingerprint density at radius 2 is 2.15 bits per heavy atom. The summed E-state index contributed by atoms with van der Waals surface area (Å²) < 4.78 is 5.07. The number of halogens is 1. The summed E-state index contributed by atoms with van der Waals surface area (Å²) in [5.74, 6) is -0.370. The second-order valence-corrected chi connectivity index (χ2v) is 4.82. The number of fused-ring (bicyclic) bond motifs is 1. The molecule has 0 aliphatic heterocycles. The largest absolute Gasteiger partial charge is 0.462 e. The Labute approximate surface area is 123 Å². The van der Waals surface area contributed by atoms with Crippen molar-refractivity contribution in [1.82, 2.24) is 4.98 Å². The molecule has 0 aliphatic carbocycles. The topological polar surface area (TPSA) is 51.2 Å². The SMILES string of the molecule is CCNc1c(C(=O)OCC)cnc2cc(Cl)c(C)cc12. The number of carbonyl (C=O) groups is 1. The highest BCUT2D eigenvalue weighted by Gasteiger charge is 2.16. The standard InChI is InChI=1S/C15H17ClN2O2/c1-4-17-14-10-6-9(3)12(16)7-13(10)18-8-11(14)15(19)20-5-2/h6-8H,4-5H2,1-3H3,(H,17,18). The molecule has 0 unspecified atom stereocenters. The van der Waals surface area contributed by atoms with E-state index in [-0.39, 0.29) is 5.97 Å². The molecule has 5 heteroatoms. The van der Waals surface area contributed by atoms with Crippen molar-refractivity contribution in [3.05, 3.63) is 34.5 Å². The molecule has 0 atom stereocenters. The van der Waals surface area contributed by atoms with Gasteiger partial charge in [-0.05, 0) is 38.5 Å². The fourth-order valence-electron chi connectivity index (χ4n) is 2.05. The third-order valence-electron chi connectivity index (χ3n) is 3.00. The lowest BCUT2D eigenvalue weighted by Gasteiger charge is -2.13. The third kappa shape index (κ3) is 2.70. The van der Waals surface area contributed by atoms with Gasteiger partial charge in [-0.1, -0.05) is 11.6 Å². The maximum absolute atomic E-state index is 12.0. The van der Waals surface area contributed by atoms with Crippen molar-refractivity contribution >= 4 is 34.2 Å². The van der Waals surface area contributed by atoms with Gasteiger partial charge in [0.15, 0.2) is 0 Å². The van der Waals surface area contributed by atoms with Gasteiger partial charge in [0, 0.05) is 23.2 Å². The first-order valence-electron chi connectivity index (χ1n) is 6.58. The zero-order chi connectivity index (χ0) is 14.7. The Hall–Kier alpha value is -1.81. The first-order valence-corrected chi connectivity index (χ1v) is 6.96. The number of aryl methyl sites for hydroxylation is 1. The van der Waals surface area contributed by atoms with Crippen molar-refractivity contribution in [1.29, 1.82) is 0 Å². The van der Waals surface area contributed by atoms with E-state index in [0.717, 1.165) is 22.2 Å². The smallest absolute Gasteiger partial charge is 0.341 e. The zero-order valence-corrected chi connectivity index (χ0v) is 12.5. The molecule has 0 fully saturated rings. The van der Waals surface area contributed by atoms with Crippen molar-refractivity contribution in [3.8, 4) is 0 Å². The van der Waals surface area contributed by atoms with Gasteiger partial charge in [-0.3, -0.25) is 4.98 Å². The van der Waals surface area contributed by atoms with Gasteiger partial charge in [-0.2, -0.15) is 0 Å². The molecule has 1 aromatic heterocycles. The first kappa shape index (κ1) is 14.6. The number of aromatic nitrogens is 1. The Kier molecular flexibility index (Phi) is 4.45. The van der Waals surface area contributed by atoms with Crippen LogP contribution in [0, 0.1) is 6.92 Å². The Balaban J connectivity index is 2.67. The van der Waals surface area contributed by atoms with Gasteiger partial charge in [0.2, 0.25) is 0 Å². The van der Waals surface area contributed by atoms with E-state index in [9.17, 15) is 4.79 Å². The summed E-state index contributed by atoms with van der Waals surface area (Å²) in [6, 6.07) is 3.74. The molecule has 1 heterocycles. The van der Waals surface area contributed by atoms with E-state index in [1.807, 2.05) is 26.0 Å². The van der Waals surface area contributed by atoms with Crippen LogP contribution in [0.15, 0.2) is 18.3 Å². The third-order valence-corrected chi connectivity index (χ3v) is 3.40. The molecule has 0 radical (unpaired) electrons. The normalized spacial score (nSPS) is 10.6. The number of benzene rings is 1. The van der Waals surface area contributed by atoms with Gasteiger partial charge in [-0.15, -0.1) is 0 Å². The molecule has 20 heavy (non-hydrogen) atoms. The summed E-state index contributed by atoms with van der Waals surface area (Å²) in [5.41, 5.74) is 2.89. The molecular weight excluding hydrogens is 276 g/mol. The Morgan fingerprint density at radius 3 is 2.80 bits per heavy atom. The minimum atomic E-state index is -0.370. The van der Waals surface area contributed by atoms with Gasteiger partial charge in [0.1, 0.15) is 5.56 Å². The summed E-state index contributed by atoms with van der Waals surface area (Å²) in [6.07, 6.45) is 1.53. The minimum Gasteiger partial charge on any atom is -0.462 e. The van der Waals surface area contributed by atoms with E-state index < -0.39 is 0 Å². The maximum atomic E-state index is 12.0. The highest BCUT2D eigenvalue weighted by molar-refractivity contribution is 6.32. The summed E-state index contributed by atoms with van der Waals surface area (Å²) in [4.78, 5) is 16.3. The van der Waals surface area contributed by atoms with Gasteiger partial charge in [0.05, 0.1) is 17.8 Å². The summed E-state index contributed by atoms with van der Waals surface area (Å²) in [5, 5.41) is 4.76. The van der Waals surface area contributed by atoms with Crippen molar-refractivity contribution < 1.29 is 9.53 Å². The molecule has 106 valence electrons. The second-order valence-electron chi connectivity index (χ2n) is 4.42. The van der Waals surface area contributed by atoms with Gasteiger partial charge in [0.25, 0.3) is 0 Å². The number of pyridine rings is 1. The predicted molar refractivity (Wildman–Crippen MR) is 81.6 cm³/mol. The average molecular weight is 293 g/mol. The molecule has 0 aliphatic rings. The number of nitrogens with one attached hydrogen (secondary N) is 1. The van der Waals surface area contributed by atoms with Crippen LogP contribution in [-0.4, -0.2) is 24.1 Å². The van der Waals surface area contributed by atoms with Crippen LogP contribution < -0.4 is 5.32 Å². The predicted octanol–water partition coefficient (Wildman–Crippen LogP) is 3.81. The summed E-state index contributed by atoms with van der Waals surface area (Å²) in [6.45, 7) is 6.72. The van der Waals surface area contributed by atoms with E-state index in [1.165, 1.54) is 6.20 Å². The van der Waals surface area contributed by atoms with Gasteiger partial charge in [-0.25, -0.2) is 4.79 Å². The van der Waals surface area contributed by atoms with Crippen LogP contribution in [0.3, 0.4) is 0 Å². The molecule has 2 rings (SSSR count). The molecule has 0 bridgehead atoms. The van der Waals surface area contributed by atoms with Crippen molar-refractivity contribution in [2.45, 2.75) is 20.8 Å². The molecule has 1 aromatic carbocycles. The molecule has 1 N–H and O–H groups in total. The summed E-state index contributed by atoms with van der Waals surface area (Å²) in [7, 11) is 0. The van der Waals surface area contributed by atoms with Crippen molar-refractivity contribution in [2.24, 2.45) is 0 Å². The molecule has 0 saturated carbocycles. The van der Waals surface area contributed by atoms with E-state index in [0.29, 0.717) is 23.7 Å². The fraction of sp³-hybridized carbons (Fsp3) is 0.333. The van der Waals surface area contributed by atoms with Crippen LogP contribution >= 0.6 is 11.6 Å². The van der Waals surface area contributed by atoms with E-state index in [1.54, 1.807) is 6.92 Å². The highest BCUT2D eigenvalue weighted by Crippen LogP contribution is 2.30. The Morgan fingerprint density at radius 1 is 1.40 bits per heavy atom. The number of carbonyl (C=O) groups excluding carboxylic acids is 1. The Bertz CT molecular complexity index is 656. The van der Waals surface area contributed by atoms with E-state index >= 15 is 0 Å². The van der Waals surface area contributed by atoms with E-state index in [2.05, 4.69) is 10.3 Å². The zero-order valence-electron chi connectivity index (χ0n) is 11.8. The number of anilines is 1.